The lowest BCUT2D eigenvalue weighted by molar-refractivity contribution is -0.174. The van der Waals surface area contributed by atoms with E-state index in [2.05, 4.69) is 10.1 Å². The van der Waals surface area contributed by atoms with Gasteiger partial charge in [0.15, 0.2) is 0 Å². The summed E-state index contributed by atoms with van der Waals surface area (Å²) in [6, 6.07) is -0.0242. The van der Waals surface area contributed by atoms with Crippen molar-refractivity contribution in [2.45, 2.75) is 38.4 Å². The van der Waals surface area contributed by atoms with Crippen molar-refractivity contribution in [2.75, 3.05) is 19.1 Å². The maximum atomic E-state index is 11.7. The molecule has 0 saturated heterocycles. The van der Waals surface area contributed by atoms with Crippen LogP contribution in [0.15, 0.2) is 0 Å². The minimum Gasteiger partial charge on any atom is -0.372 e. The highest BCUT2D eigenvalue weighted by atomic mass is 35.5. The minimum absolute atomic E-state index is 0.0242. The number of alkyl halides is 4. The lowest BCUT2D eigenvalue weighted by Crippen LogP contribution is -2.33. The Bertz CT molecular complexity index is 224. The van der Waals surface area contributed by atoms with Crippen LogP contribution in [0.25, 0.3) is 0 Å². The number of nitrogens with one attached hydrogen (secondary N) is 1. The van der Waals surface area contributed by atoms with E-state index in [1.807, 2.05) is 6.92 Å². The summed E-state index contributed by atoms with van der Waals surface area (Å²) in [5.74, 6) is 0.212. The first kappa shape index (κ1) is 16.5. The summed E-state index contributed by atoms with van der Waals surface area (Å²) in [5, 5.41) is 2.65. The van der Waals surface area contributed by atoms with Crippen LogP contribution in [-0.2, 0) is 9.53 Å². The molecule has 0 spiro atoms. The number of carbonyl (C=O) groups excluding carboxylic acids is 1. The summed E-state index contributed by atoms with van der Waals surface area (Å²) in [4.78, 5) is 11.2. The van der Waals surface area contributed by atoms with Crippen LogP contribution >= 0.6 is 11.6 Å². The molecule has 0 radical (unpaired) electrons. The fourth-order valence-electron chi connectivity index (χ4n) is 1.16. The second kappa shape index (κ2) is 8.58. The van der Waals surface area contributed by atoms with E-state index in [9.17, 15) is 18.0 Å². The zero-order valence-electron chi connectivity index (χ0n) is 9.65. The van der Waals surface area contributed by atoms with E-state index in [1.54, 1.807) is 0 Å². The molecule has 1 unspecified atom stereocenters. The van der Waals surface area contributed by atoms with Crippen LogP contribution in [0, 0.1) is 0 Å². The first-order valence-electron chi connectivity index (χ1n) is 5.35. The number of amides is 1. The lowest BCUT2D eigenvalue weighted by atomic mass is 10.2. The van der Waals surface area contributed by atoms with Gasteiger partial charge in [0.05, 0.1) is 6.61 Å². The van der Waals surface area contributed by atoms with Crippen LogP contribution in [0.4, 0.5) is 13.2 Å². The predicted octanol–water partition coefficient (Wildman–Crippen LogP) is 2.48. The van der Waals surface area contributed by atoms with Crippen molar-refractivity contribution in [3.05, 3.63) is 0 Å². The normalized spacial score (nSPS) is 13.5. The van der Waals surface area contributed by atoms with Gasteiger partial charge in [-0.25, -0.2) is 0 Å². The Labute approximate surface area is 104 Å². The zero-order chi connectivity index (χ0) is 13.3. The van der Waals surface area contributed by atoms with Gasteiger partial charge in [-0.2, -0.15) is 13.2 Å². The average molecular weight is 276 g/mol. The lowest BCUT2D eigenvalue weighted by Gasteiger charge is -2.13. The van der Waals surface area contributed by atoms with Crippen molar-refractivity contribution in [3.8, 4) is 0 Å². The number of carbonyl (C=O) groups is 1. The van der Waals surface area contributed by atoms with Gasteiger partial charge in [0.1, 0.15) is 6.61 Å². The summed E-state index contributed by atoms with van der Waals surface area (Å²) in [7, 11) is 0. The first-order valence-corrected chi connectivity index (χ1v) is 5.88. The molecule has 0 aromatic heterocycles. The van der Waals surface area contributed by atoms with Crippen molar-refractivity contribution in [1.29, 1.82) is 0 Å². The molecule has 0 aliphatic rings. The predicted molar refractivity (Wildman–Crippen MR) is 59.0 cm³/mol. The van der Waals surface area contributed by atoms with E-state index in [1.165, 1.54) is 0 Å². The van der Waals surface area contributed by atoms with Gasteiger partial charge in [0, 0.05) is 18.3 Å². The molecule has 7 heteroatoms. The molecule has 0 heterocycles. The van der Waals surface area contributed by atoms with Crippen molar-refractivity contribution in [3.63, 3.8) is 0 Å². The topological polar surface area (TPSA) is 38.3 Å². The fourth-order valence-corrected chi connectivity index (χ4v) is 1.31. The van der Waals surface area contributed by atoms with Crippen LogP contribution in [0.3, 0.4) is 0 Å². The molecule has 0 bridgehead atoms. The molecular weight excluding hydrogens is 259 g/mol. The van der Waals surface area contributed by atoms with Gasteiger partial charge in [-0.3, -0.25) is 4.79 Å². The summed E-state index contributed by atoms with van der Waals surface area (Å²) in [6.45, 7) is 0.274. The van der Waals surface area contributed by atoms with Gasteiger partial charge < -0.3 is 10.1 Å². The van der Waals surface area contributed by atoms with Crippen LogP contribution in [-0.4, -0.2) is 37.2 Å². The van der Waals surface area contributed by atoms with Gasteiger partial charge in [0.2, 0.25) is 5.91 Å². The zero-order valence-corrected chi connectivity index (χ0v) is 10.4. The van der Waals surface area contributed by atoms with Gasteiger partial charge in [-0.15, -0.1) is 11.6 Å². The molecule has 0 rings (SSSR count). The van der Waals surface area contributed by atoms with Crippen LogP contribution < -0.4 is 5.32 Å². The Kier molecular flexibility index (Phi) is 8.33. The molecule has 0 aromatic carbocycles. The van der Waals surface area contributed by atoms with E-state index in [0.717, 1.165) is 12.8 Å². The number of hydrogen-bond acceptors (Lipinski definition) is 2. The summed E-state index contributed by atoms with van der Waals surface area (Å²) in [6.07, 6.45) is -2.88. The van der Waals surface area contributed by atoms with E-state index in [-0.39, 0.29) is 25.0 Å². The molecule has 0 aliphatic heterocycles. The standard InChI is InChI=1S/C10H17ClF3NO2/c1-8(3-2-5-11)15-9(16)4-6-17-7-10(12,13)14/h8H,2-7H2,1H3,(H,15,16). The second-order valence-corrected chi connectivity index (χ2v) is 4.10. The summed E-state index contributed by atoms with van der Waals surface area (Å²) >= 11 is 5.49. The average Bonchev–Trinajstić information content (AvgIpc) is 2.20. The van der Waals surface area contributed by atoms with Gasteiger partial charge in [0.25, 0.3) is 0 Å². The molecule has 1 amide bonds. The quantitative estimate of drug-likeness (QED) is 0.546. The number of hydrogen-bond donors (Lipinski definition) is 1. The van der Waals surface area contributed by atoms with Crippen LogP contribution in [0.5, 0.6) is 0 Å². The van der Waals surface area contributed by atoms with Gasteiger partial charge in [-0.05, 0) is 19.8 Å². The van der Waals surface area contributed by atoms with Crippen molar-refractivity contribution in [2.24, 2.45) is 0 Å². The fraction of sp³-hybridized carbons (Fsp3) is 0.900. The third-order valence-electron chi connectivity index (χ3n) is 1.92. The molecule has 3 nitrogen and oxygen atoms in total. The van der Waals surface area contributed by atoms with Crippen LogP contribution in [0.1, 0.15) is 26.2 Å². The first-order chi connectivity index (χ1) is 7.85. The van der Waals surface area contributed by atoms with Crippen LogP contribution in [0.2, 0.25) is 0 Å². The third kappa shape index (κ3) is 11.8. The Morgan fingerprint density at radius 2 is 2.12 bits per heavy atom. The van der Waals surface area contributed by atoms with E-state index >= 15 is 0 Å². The number of rotatable bonds is 8. The smallest absolute Gasteiger partial charge is 0.372 e. The summed E-state index contributed by atoms with van der Waals surface area (Å²) < 4.78 is 39.4. The number of halogens is 4. The number of ether oxygens (including phenoxy) is 1. The van der Waals surface area contributed by atoms with E-state index < -0.39 is 12.8 Å². The third-order valence-corrected chi connectivity index (χ3v) is 2.18. The van der Waals surface area contributed by atoms with Gasteiger partial charge >= 0.3 is 6.18 Å². The highest BCUT2D eigenvalue weighted by molar-refractivity contribution is 6.17. The maximum Gasteiger partial charge on any atom is 0.411 e. The van der Waals surface area contributed by atoms with E-state index in [0.29, 0.717) is 5.88 Å². The molecule has 1 N–H and O–H groups in total. The monoisotopic (exact) mass is 275 g/mol. The molecule has 1 atom stereocenters. The Morgan fingerprint density at radius 3 is 2.65 bits per heavy atom. The highest BCUT2D eigenvalue weighted by Gasteiger charge is 2.27. The molecule has 0 saturated carbocycles. The molecule has 0 fully saturated rings. The SMILES string of the molecule is CC(CCCCl)NC(=O)CCOCC(F)(F)F. The van der Waals surface area contributed by atoms with Crippen molar-refractivity contribution >= 4 is 17.5 Å². The van der Waals surface area contributed by atoms with Crippen molar-refractivity contribution < 1.29 is 22.7 Å². The Morgan fingerprint density at radius 1 is 1.47 bits per heavy atom. The summed E-state index contributed by atoms with van der Waals surface area (Å²) in [5.41, 5.74) is 0. The van der Waals surface area contributed by atoms with Crippen molar-refractivity contribution in [1.82, 2.24) is 5.32 Å². The second-order valence-electron chi connectivity index (χ2n) is 3.72. The Hall–Kier alpha value is -0.490. The largest absolute Gasteiger partial charge is 0.411 e. The van der Waals surface area contributed by atoms with Gasteiger partial charge in [-0.1, -0.05) is 0 Å². The molecule has 102 valence electrons. The molecule has 0 aromatic rings. The highest BCUT2D eigenvalue weighted by Crippen LogP contribution is 2.14. The molecular formula is C10H17ClF3NO2. The maximum absolute atomic E-state index is 11.7. The molecule has 0 aliphatic carbocycles. The molecule has 17 heavy (non-hydrogen) atoms. The Balaban J connectivity index is 3.53. The minimum atomic E-state index is -4.34. The van der Waals surface area contributed by atoms with E-state index in [4.69, 9.17) is 11.6 Å².